The van der Waals surface area contributed by atoms with Gasteiger partial charge in [0.2, 0.25) is 0 Å². The zero-order valence-electron chi connectivity index (χ0n) is 19.0. The van der Waals surface area contributed by atoms with E-state index in [4.69, 9.17) is 9.47 Å². The van der Waals surface area contributed by atoms with Gasteiger partial charge in [-0.2, -0.15) is 0 Å². The summed E-state index contributed by atoms with van der Waals surface area (Å²) in [7, 11) is 3.35. The quantitative estimate of drug-likeness (QED) is 0.349. The van der Waals surface area contributed by atoms with Crippen LogP contribution in [-0.2, 0) is 13.7 Å². The Morgan fingerprint density at radius 1 is 0.971 bits per heavy atom. The molecule has 8 nitrogen and oxygen atoms in total. The first-order chi connectivity index (χ1) is 17.0. The van der Waals surface area contributed by atoms with Crippen LogP contribution in [0.4, 0.5) is 0 Å². The van der Waals surface area contributed by atoms with Gasteiger partial charge in [-0.1, -0.05) is 30.3 Å². The molecule has 0 radical (unpaired) electrons. The Morgan fingerprint density at radius 3 is 2.49 bits per heavy atom. The molecule has 0 atom stereocenters. The van der Waals surface area contributed by atoms with Crippen molar-refractivity contribution in [1.82, 2.24) is 19.3 Å². The third-order valence-electron chi connectivity index (χ3n) is 5.74. The summed E-state index contributed by atoms with van der Waals surface area (Å²) in [6, 6.07) is 21.9. The first kappa shape index (κ1) is 22.7. The van der Waals surface area contributed by atoms with Crippen molar-refractivity contribution >= 4 is 26.8 Å². The number of nitrogens with zero attached hydrogens (tertiary/aromatic N) is 3. The second-order valence-corrected chi connectivity index (χ2v) is 8.62. The first-order valence-electron chi connectivity index (χ1n) is 10.8. The van der Waals surface area contributed by atoms with Gasteiger partial charge in [-0.3, -0.25) is 14.3 Å². The fourth-order valence-electron chi connectivity index (χ4n) is 3.94. The molecule has 0 spiro atoms. The van der Waals surface area contributed by atoms with Crippen LogP contribution in [0.15, 0.2) is 86.9 Å². The summed E-state index contributed by atoms with van der Waals surface area (Å²) in [4.78, 5) is 32.7. The van der Waals surface area contributed by atoms with E-state index >= 15 is 0 Å². The van der Waals surface area contributed by atoms with Gasteiger partial charge in [0.15, 0.2) is 11.5 Å². The summed E-state index contributed by atoms with van der Waals surface area (Å²) in [6.07, 6.45) is 0. The molecule has 0 bridgehead atoms. The summed E-state index contributed by atoms with van der Waals surface area (Å²) in [5.41, 5.74) is 2.33. The minimum Gasteiger partial charge on any atom is -0.493 e. The molecule has 9 heteroatoms. The fraction of sp³-hybridized carbons (Fsp3) is 0.115. The van der Waals surface area contributed by atoms with E-state index in [1.165, 1.54) is 0 Å². The molecule has 2 heterocycles. The van der Waals surface area contributed by atoms with Gasteiger partial charge in [-0.05, 0) is 58.4 Å². The largest absolute Gasteiger partial charge is 0.493 e. The number of H-pyrrole nitrogens is 1. The number of halogens is 1. The zero-order valence-corrected chi connectivity index (χ0v) is 20.6. The minimum absolute atomic E-state index is 0.132. The van der Waals surface area contributed by atoms with Crippen LogP contribution >= 0.6 is 15.9 Å². The monoisotopic (exact) mass is 532 g/mol. The predicted octanol–water partition coefficient (Wildman–Crippen LogP) is 4.43. The number of ether oxygens (including phenoxy) is 2. The highest BCUT2D eigenvalue weighted by Gasteiger charge is 2.18. The molecule has 5 aromatic rings. The van der Waals surface area contributed by atoms with Crippen molar-refractivity contribution in [3.05, 3.63) is 104 Å². The van der Waals surface area contributed by atoms with Crippen molar-refractivity contribution in [2.24, 2.45) is 7.05 Å². The molecule has 0 saturated carbocycles. The fourth-order valence-corrected chi connectivity index (χ4v) is 4.47. The topological polar surface area (TPSA) is 91.1 Å². The highest BCUT2D eigenvalue weighted by molar-refractivity contribution is 9.10. The molecule has 2 aromatic heterocycles. The molecule has 1 N–H and O–H groups in total. The molecule has 3 aromatic carbocycles. The normalized spacial score (nSPS) is 11.1. The molecule has 0 saturated heterocycles. The van der Waals surface area contributed by atoms with E-state index < -0.39 is 0 Å². The maximum Gasteiger partial charge on any atom is 0.286 e. The van der Waals surface area contributed by atoms with Crippen LogP contribution in [0.2, 0.25) is 0 Å². The number of hydrogen-bond donors (Lipinski definition) is 1. The van der Waals surface area contributed by atoms with Crippen LogP contribution in [0.5, 0.6) is 11.5 Å². The number of aromatic amines is 1. The van der Waals surface area contributed by atoms with Crippen molar-refractivity contribution in [3.63, 3.8) is 0 Å². The van der Waals surface area contributed by atoms with Crippen LogP contribution in [0.25, 0.3) is 28.0 Å². The van der Waals surface area contributed by atoms with E-state index in [0.717, 1.165) is 5.69 Å². The van der Waals surface area contributed by atoms with Crippen molar-refractivity contribution in [2.45, 2.75) is 6.61 Å². The average molecular weight is 533 g/mol. The molecule has 0 aliphatic heterocycles. The Labute approximate surface area is 208 Å². The maximum atomic E-state index is 12.8. The third kappa shape index (κ3) is 4.15. The molecule has 5 rings (SSSR count). The number of para-hydroxylation sites is 2. The van der Waals surface area contributed by atoms with Gasteiger partial charge in [0.25, 0.3) is 11.1 Å². The van der Waals surface area contributed by atoms with Crippen molar-refractivity contribution in [1.29, 1.82) is 0 Å². The van der Waals surface area contributed by atoms with Crippen LogP contribution in [-0.4, -0.2) is 26.4 Å². The number of nitrogens with one attached hydrogen (secondary N) is 1. The second-order valence-electron chi connectivity index (χ2n) is 7.82. The lowest BCUT2D eigenvalue weighted by atomic mass is 10.1. The van der Waals surface area contributed by atoms with E-state index in [2.05, 4.69) is 25.9 Å². The van der Waals surface area contributed by atoms with E-state index in [1.807, 2.05) is 36.4 Å². The predicted molar refractivity (Wildman–Crippen MR) is 137 cm³/mol. The van der Waals surface area contributed by atoms with Crippen LogP contribution < -0.4 is 20.6 Å². The van der Waals surface area contributed by atoms with Crippen molar-refractivity contribution in [2.75, 3.05) is 7.11 Å². The third-order valence-corrected chi connectivity index (χ3v) is 6.54. The number of hydrogen-bond acceptors (Lipinski definition) is 5. The SMILES string of the molecule is COc1cc(-c2nc3ccccc3c(=O)[nH]2)ccc1OCc1c(Br)c(=O)n(-c2ccccc2)n1C. The van der Waals surface area contributed by atoms with Gasteiger partial charge in [0.1, 0.15) is 16.9 Å². The minimum atomic E-state index is -0.210. The van der Waals surface area contributed by atoms with Crippen LogP contribution in [0, 0.1) is 0 Å². The lowest BCUT2D eigenvalue weighted by molar-refractivity contribution is 0.274. The van der Waals surface area contributed by atoms with Gasteiger partial charge < -0.3 is 14.5 Å². The van der Waals surface area contributed by atoms with Crippen LogP contribution in [0.3, 0.4) is 0 Å². The zero-order chi connectivity index (χ0) is 24.5. The Bertz CT molecular complexity index is 1650. The van der Waals surface area contributed by atoms with Crippen molar-refractivity contribution in [3.8, 4) is 28.6 Å². The summed E-state index contributed by atoms with van der Waals surface area (Å²) in [5, 5.41) is 0.529. The number of aromatic nitrogens is 4. The summed E-state index contributed by atoms with van der Waals surface area (Å²) < 4.78 is 15.3. The van der Waals surface area contributed by atoms with E-state index in [1.54, 1.807) is 59.9 Å². The Balaban J connectivity index is 1.45. The number of benzene rings is 3. The van der Waals surface area contributed by atoms with E-state index in [9.17, 15) is 9.59 Å². The lowest BCUT2D eigenvalue weighted by Gasteiger charge is -2.14. The van der Waals surface area contributed by atoms with Crippen LogP contribution in [0.1, 0.15) is 5.69 Å². The Hall–Kier alpha value is -4.11. The molecule has 0 amide bonds. The molecular formula is C26H21BrN4O4. The number of rotatable bonds is 6. The van der Waals surface area contributed by atoms with Gasteiger partial charge in [0, 0.05) is 12.6 Å². The van der Waals surface area contributed by atoms with Gasteiger partial charge >= 0.3 is 0 Å². The highest BCUT2D eigenvalue weighted by atomic mass is 79.9. The Kier molecular flexibility index (Phi) is 6.00. The molecule has 0 aliphatic carbocycles. The highest BCUT2D eigenvalue weighted by Crippen LogP contribution is 2.32. The van der Waals surface area contributed by atoms with Crippen molar-refractivity contribution < 1.29 is 9.47 Å². The molecular weight excluding hydrogens is 512 g/mol. The van der Waals surface area contributed by atoms with Gasteiger partial charge in [-0.25, -0.2) is 9.67 Å². The molecule has 176 valence electrons. The molecule has 0 unspecified atom stereocenters. The maximum absolute atomic E-state index is 12.8. The molecule has 0 fully saturated rings. The van der Waals surface area contributed by atoms with Gasteiger partial charge in [0.05, 0.1) is 29.4 Å². The Morgan fingerprint density at radius 2 is 1.71 bits per heavy atom. The van der Waals surface area contributed by atoms with E-state index in [-0.39, 0.29) is 17.7 Å². The molecule has 0 aliphatic rings. The number of fused-ring (bicyclic) bond motifs is 1. The summed E-state index contributed by atoms with van der Waals surface area (Å²) >= 11 is 3.42. The smallest absolute Gasteiger partial charge is 0.286 e. The second kappa shape index (κ2) is 9.27. The lowest BCUT2D eigenvalue weighted by Crippen LogP contribution is -2.19. The standard InChI is InChI=1S/C26H21BrN4O4/c1-30-20(23(27)26(33)31(30)17-8-4-3-5-9-17)15-35-21-13-12-16(14-22(21)34-2)24-28-19-11-7-6-10-18(19)25(32)29-24/h3-14H,15H2,1-2H3,(H,28,29,32). The summed E-state index contributed by atoms with van der Waals surface area (Å²) in [6.45, 7) is 0.132. The average Bonchev–Trinajstić information content (AvgIpc) is 3.10. The van der Waals surface area contributed by atoms with Gasteiger partial charge in [-0.15, -0.1) is 0 Å². The molecule has 35 heavy (non-hydrogen) atoms. The summed E-state index contributed by atoms with van der Waals surface area (Å²) in [5.74, 6) is 1.40. The first-order valence-corrected chi connectivity index (χ1v) is 11.6. The number of methoxy groups -OCH3 is 1. The van der Waals surface area contributed by atoms with E-state index in [0.29, 0.717) is 44.0 Å².